The van der Waals surface area contributed by atoms with Crippen molar-refractivity contribution in [3.8, 4) is 0 Å². The summed E-state index contributed by atoms with van der Waals surface area (Å²) in [7, 11) is 0. The summed E-state index contributed by atoms with van der Waals surface area (Å²) in [6.45, 7) is 0. The fourth-order valence-corrected chi connectivity index (χ4v) is 0.516. The molecular weight excluding hydrogens is 162 g/mol. The van der Waals surface area contributed by atoms with Gasteiger partial charge in [-0.1, -0.05) is 0 Å². The lowest BCUT2D eigenvalue weighted by atomic mass is 10.5. The number of hydrogen-bond donors (Lipinski definition) is 2. The minimum absolute atomic E-state index is 0.257. The highest BCUT2D eigenvalue weighted by Crippen LogP contribution is 2.18. The van der Waals surface area contributed by atoms with Gasteiger partial charge in [0, 0.05) is 18.2 Å². The maximum atomic E-state index is 10.6. The average Bonchev–Trinajstić information content (AvgIpc) is 2.80. The van der Waals surface area contributed by atoms with Crippen LogP contribution in [0.25, 0.3) is 0 Å². The molecule has 0 unspecified atom stereocenters. The molecule has 0 aromatic rings. The van der Waals surface area contributed by atoms with Gasteiger partial charge in [0.25, 0.3) is 0 Å². The van der Waals surface area contributed by atoms with Gasteiger partial charge < -0.3 is 9.94 Å². The zero-order valence-corrected chi connectivity index (χ0v) is 6.32. The molecular formula is C7H9NO4. The van der Waals surface area contributed by atoms with E-state index >= 15 is 0 Å². The SMILES string of the molecule is O=C(O)/C=C/C(=O)ONC1CC1. The zero-order valence-electron chi connectivity index (χ0n) is 6.32. The summed E-state index contributed by atoms with van der Waals surface area (Å²) in [4.78, 5) is 25.1. The van der Waals surface area contributed by atoms with Gasteiger partial charge in [0.2, 0.25) is 0 Å². The predicted octanol–water partition coefficient (Wildman–Crippen LogP) is -0.163. The first-order chi connectivity index (χ1) is 5.68. The van der Waals surface area contributed by atoms with E-state index in [2.05, 4.69) is 10.3 Å². The predicted molar refractivity (Wildman–Crippen MR) is 39.0 cm³/mol. The Morgan fingerprint density at radius 1 is 1.42 bits per heavy atom. The maximum Gasteiger partial charge on any atom is 0.349 e. The Morgan fingerprint density at radius 3 is 2.58 bits per heavy atom. The van der Waals surface area contributed by atoms with Crippen LogP contribution < -0.4 is 5.48 Å². The molecule has 1 fully saturated rings. The molecule has 0 saturated heterocycles. The Kier molecular flexibility index (Phi) is 2.82. The summed E-state index contributed by atoms with van der Waals surface area (Å²) < 4.78 is 0. The van der Waals surface area contributed by atoms with Crippen LogP contribution in [-0.4, -0.2) is 23.1 Å². The third kappa shape index (κ3) is 3.72. The highest BCUT2D eigenvalue weighted by atomic mass is 16.7. The second-order valence-electron chi connectivity index (χ2n) is 2.48. The Balaban J connectivity index is 2.13. The van der Waals surface area contributed by atoms with Crippen molar-refractivity contribution in [2.24, 2.45) is 0 Å². The van der Waals surface area contributed by atoms with Crippen LogP contribution in [0.15, 0.2) is 12.2 Å². The fourth-order valence-electron chi connectivity index (χ4n) is 0.516. The van der Waals surface area contributed by atoms with Crippen LogP contribution in [0.1, 0.15) is 12.8 Å². The van der Waals surface area contributed by atoms with E-state index < -0.39 is 11.9 Å². The van der Waals surface area contributed by atoms with Gasteiger partial charge in [-0.3, -0.25) is 0 Å². The standard InChI is InChI=1S/C7H9NO4/c9-6(10)3-4-7(11)12-8-5-1-2-5/h3-5,8H,1-2H2,(H,9,10)/b4-3+. The van der Waals surface area contributed by atoms with Gasteiger partial charge in [-0.25, -0.2) is 9.59 Å². The van der Waals surface area contributed by atoms with E-state index in [4.69, 9.17) is 5.11 Å². The fraction of sp³-hybridized carbons (Fsp3) is 0.429. The Labute approximate surface area is 69.0 Å². The molecule has 0 atom stereocenters. The lowest BCUT2D eigenvalue weighted by Crippen LogP contribution is -2.20. The smallest absolute Gasteiger partial charge is 0.349 e. The summed E-state index contributed by atoms with van der Waals surface area (Å²) in [6, 6.07) is 0.257. The highest BCUT2D eigenvalue weighted by molar-refractivity contribution is 5.90. The van der Waals surface area contributed by atoms with E-state index in [0.717, 1.165) is 25.0 Å². The van der Waals surface area contributed by atoms with Crippen molar-refractivity contribution < 1.29 is 19.5 Å². The molecule has 5 nitrogen and oxygen atoms in total. The molecule has 1 aliphatic rings. The molecule has 0 bridgehead atoms. The largest absolute Gasteiger partial charge is 0.478 e. The van der Waals surface area contributed by atoms with Crippen molar-refractivity contribution in [3.63, 3.8) is 0 Å². The number of carbonyl (C=O) groups is 2. The normalized spacial score (nSPS) is 16.3. The first-order valence-electron chi connectivity index (χ1n) is 3.56. The highest BCUT2D eigenvalue weighted by Gasteiger charge is 2.22. The summed E-state index contributed by atoms with van der Waals surface area (Å²) >= 11 is 0. The maximum absolute atomic E-state index is 10.6. The second-order valence-corrected chi connectivity index (χ2v) is 2.48. The Hall–Kier alpha value is -1.36. The van der Waals surface area contributed by atoms with Crippen molar-refractivity contribution in [1.82, 2.24) is 5.48 Å². The van der Waals surface area contributed by atoms with Crippen LogP contribution in [0, 0.1) is 0 Å². The summed E-state index contributed by atoms with van der Waals surface area (Å²) in [5.41, 5.74) is 2.49. The lowest BCUT2D eigenvalue weighted by molar-refractivity contribution is -0.145. The summed E-state index contributed by atoms with van der Waals surface area (Å²) in [5, 5.41) is 8.14. The van der Waals surface area contributed by atoms with E-state index in [0.29, 0.717) is 0 Å². The molecule has 0 spiro atoms. The number of aliphatic carboxylic acids is 1. The number of carboxylic acids is 1. The van der Waals surface area contributed by atoms with Crippen molar-refractivity contribution in [1.29, 1.82) is 0 Å². The van der Waals surface area contributed by atoms with Crippen LogP contribution in [0.2, 0.25) is 0 Å². The van der Waals surface area contributed by atoms with E-state index in [9.17, 15) is 9.59 Å². The van der Waals surface area contributed by atoms with Gasteiger partial charge >= 0.3 is 11.9 Å². The number of rotatable bonds is 4. The first-order valence-corrected chi connectivity index (χ1v) is 3.56. The molecule has 0 radical (unpaired) electrons. The zero-order chi connectivity index (χ0) is 8.97. The molecule has 1 saturated carbocycles. The van der Waals surface area contributed by atoms with Gasteiger partial charge in [0.1, 0.15) is 0 Å². The van der Waals surface area contributed by atoms with E-state index in [1.807, 2.05) is 0 Å². The number of carboxylic acid groups (broad SMARTS) is 1. The molecule has 2 N–H and O–H groups in total. The molecule has 12 heavy (non-hydrogen) atoms. The number of carbonyl (C=O) groups excluding carboxylic acids is 1. The number of hydrogen-bond acceptors (Lipinski definition) is 4. The van der Waals surface area contributed by atoms with Gasteiger partial charge in [0.15, 0.2) is 0 Å². The minimum atomic E-state index is -1.17. The van der Waals surface area contributed by atoms with Gasteiger partial charge in [-0.2, -0.15) is 0 Å². The van der Waals surface area contributed by atoms with Crippen molar-refractivity contribution in [2.45, 2.75) is 18.9 Å². The van der Waals surface area contributed by atoms with Crippen molar-refractivity contribution >= 4 is 11.9 Å². The van der Waals surface area contributed by atoms with Crippen molar-refractivity contribution in [3.05, 3.63) is 12.2 Å². The van der Waals surface area contributed by atoms with Crippen LogP contribution in [-0.2, 0) is 14.4 Å². The third-order valence-electron chi connectivity index (χ3n) is 1.27. The van der Waals surface area contributed by atoms with Crippen LogP contribution in [0.3, 0.4) is 0 Å². The molecule has 0 aliphatic heterocycles. The van der Waals surface area contributed by atoms with E-state index in [1.165, 1.54) is 0 Å². The van der Waals surface area contributed by atoms with Crippen LogP contribution in [0.5, 0.6) is 0 Å². The second kappa shape index (κ2) is 3.87. The molecule has 1 aliphatic carbocycles. The topological polar surface area (TPSA) is 75.6 Å². The van der Waals surface area contributed by atoms with Crippen molar-refractivity contribution in [2.75, 3.05) is 0 Å². The van der Waals surface area contributed by atoms with Gasteiger partial charge in [-0.05, 0) is 12.8 Å². The molecule has 1 rings (SSSR count). The third-order valence-corrected chi connectivity index (χ3v) is 1.27. The Morgan fingerprint density at radius 2 is 2.08 bits per heavy atom. The first kappa shape index (κ1) is 8.73. The molecule has 0 aromatic carbocycles. The molecule has 0 heterocycles. The molecule has 66 valence electrons. The summed E-state index contributed by atoms with van der Waals surface area (Å²) in [5.74, 6) is -1.86. The quantitative estimate of drug-likeness (QED) is 0.454. The molecule has 0 amide bonds. The monoisotopic (exact) mass is 171 g/mol. The van der Waals surface area contributed by atoms with Crippen LogP contribution >= 0.6 is 0 Å². The lowest BCUT2D eigenvalue weighted by Gasteiger charge is -1.98. The van der Waals surface area contributed by atoms with E-state index in [-0.39, 0.29) is 6.04 Å². The Bertz CT molecular complexity index is 219. The number of nitrogens with one attached hydrogen (secondary N) is 1. The molecule has 5 heteroatoms. The minimum Gasteiger partial charge on any atom is -0.478 e. The van der Waals surface area contributed by atoms with Gasteiger partial charge in [0.05, 0.1) is 0 Å². The average molecular weight is 171 g/mol. The summed E-state index contributed by atoms with van der Waals surface area (Å²) in [6.07, 6.45) is 3.58. The van der Waals surface area contributed by atoms with E-state index in [1.54, 1.807) is 0 Å². The van der Waals surface area contributed by atoms with Gasteiger partial charge in [-0.15, -0.1) is 5.48 Å². The molecule has 0 aromatic heterocycles. The van der Waals surface area contributed by atoms with Crippen LogP contribution in [0.4, 0.5) is 0 Å². The number of hydroxylamine groups is 1.